The number of rotatable bonds is 8. The van der Waals surface area contributed by atoms with Crippen LogP contribution in [-0.2, 0) is 19.2 Å². The van der Waals surface area contributed by atoms with Gasteiger partial charge in [-0.05, 0) is 99.9 Å². The molecule has 0 spiro atoms. The number of carbonyl (C=O) groups excluding carboxylic acids is 2. The molecule has 4 aliphatic rings. The highest BCUT2D eigenvalue weighted by molar-refractivity contribution is 5.96. The third-order valence-electron chi connectivity index (χ3n) is 10.4. The molecule has 7 atom stereocenters. The van der Waals surface area contributed by atoms with Gasteiger partial charge < -0.3 is 20.4 Å². The van der Waals surface area contributed by atoms with Crippen LogP contribution in [0.5, 0.6) is 0 Å². The van der Waals surface area contributed by atoms with E-state index in [1.54, 1.807) is 6.92 Å². The third kappa shape index (κ3) is 4.86. The van der Waals surface area contributed by atoms with Crippen molar-refractivity contribution in [3.63, 3.8) is 0 Å². The zero-order valence-electron chi connectivity index (χ0n) is 23.0. The monoisotopic (exact) mass is 516 g/mol. The molecule has 8 nitrogen and oxygen atoms in total. The highest BCUT2D eigenvalue weighted by atomic mass is 16.6. The van der Waals surface area contributed by atoms with E-state index in [1.165, 1.54) is 5.57 Å². The third-order valence-corrected chi connectivity index (χ3v) is 10.4. The summed E-state index contributed by atoms with van der Waals surface area (Å²) in [5.41, 5.74) is 0.765. The van der Waals surface area contributed by atoms with Crippen LogP contribution in [0.1, 0.15) is 92.4 Å². The Morgan fingerprint density at radius 3 is 2.46 bits per heavy atom. The van der Waals surface area contributed by atoms with Crippen molar-refractivity contribution < 1.29 is 29.4 Å². The number of carboxylic acid groups (broad SMARTS) is 1. The number of nitrogens with zero attached hydrogens (tertiary/aromatic N) is 1. The van der Waals surface area contributed by atoms with Crippen molar-refractivity contribution in [3.05, 3.63) is 11.6 Å². The summed E-state index contributed by atoms with van der Waals surface area (Å²) >= 11 is 0. The second-order valence-electron chi connectivity index (χ2n) is 12.9. The van der Waals surface area contributed by atoms with E-state index in [2.05, 4.69) is 30.4 Å². The molecule has 3 N–H and O–H groups in total. The number of aliphatic carboxylic acids is 1. The van der Waals surface area contributed by atoms with E-state index < -0.39 is 23.5 Å². The second-order valence-corrected chi connectivity index (χ2v) is 12.9. The van der Waals surface area contributed by atoms with Crippen LogP contribution in [0.4, 0.5) is 0 Å². The minimum Gasteiger partial charge on any atom is -0.480 e. The Labute approximate surface area is 220 Å². The van der Waals surface area contributed by atoms with E-state index in [4.69, 9.17) is 4.84 Å². The number of amides is 1. The maximum Gasteiger partial charge on any atom is 0.326 e. The Morgan fingerprint density at radius 2 is 1.81 bits per heavy atom. The van der Waals surface area contributed by atoms with Gasteiger partial charge in [-0.2, -0.15) is 0 Å². The predicted octanol–water partition coefficient (Wildman–Crippen LogP) is 4.26. The molecule has 4 rings (SSSR count). The van der Waals surface area contributed by atoms with Crippen LogP contribution in [0.25, 0.3) is 0 Å². The number of Topliss-reactive ketones (excluding diaryl/α,β-unsaturated/α-hetero) is 1. The fourth-order valence-electron chi connectivity index (χ4n) is 8.34. The lowest BCUT2D eigenvalue weighted by Gasteiger charge is -2.59. The molecule has 0 aromatic carbocycles. The van der Waals surface area contributed by atoms with Crippen LogP contribution in [-0.4, -0.2) is 51.8 Å². The van der Waals surface area contributed by atoms with Gasteiger partial charge in [-0.25, -0.2) is 4.79 Å². The zero-order valence-corrected chi connectivity index (χ0v) is 23.0. The summed E-state index contributed by atoms with van der Waals surface area (Å²) in [6.07, 6.45) is 9.66. The molecule has 0 bridgehead atoms. The Balaban J connectivity index is 1.40. The van der Waals surface area contributed by atoms with Crippen molar-refractivity contribution in [3.8, 4) is 0 Å². The lowest BCUT2D eigenvalue weighted by atomic mass is 9.46. The molecule has 4 aliphatic carbocycles. The average molecular weight is 517 g/mol. The molecule has 0 aliphatic heterocycles. The molecule has 0 heterocycles. The number of hydrogen-bond acceptors (Lipinski definition) is 6. The van der Waals surface area contributed by atoms with Crippen LogP contribution in [0.3, 0.4) is 0 Å². The highest BCUT2D eigenvalue weighted by Gasteiger charge is 2.65. The Bertz CT molecular complexity index is 1000. The molecule has 8 heteroatoms. The van der Waals surface area contributed by atoms with Gasteiger partial charge in [0.05, 0.1) is 5.71 Å². The van der Waals surface area contributed by atoms with Crippen LogP contribution in [0, 0.1) is 34.5 Å². The molecule has 37 heavy (non-hydrogen) atoms. The van der Waals surface area contributed by atoms with Gasteiger partial charge in [-0.3, -0.25) is 9.59 Å². The van der Waals surface area contributed by atoms with Gasteiger partial charge in [0.15, 0.2) is 12.4 Å². The Kier molecular flexibility index (Phi) is 7.63. The number of oxime groups is 1. The average Bonchev–Trinajstić information content (AvgIpc) is 3.10. The molecule has 0 aromatic heterocycles. The topological polar surface area (TPSA) is 125 Å². The van der Waals surface area contributed by atoms with Crippen molar-refractivity contribution >= 4 is 23.4 Å². The van der Waals surface area contributed by atoms with Gasteiger partial charge in [0.1, 0.15) is 11.6 Å². The van der Waals surface area contributed by atoms with Gasteiger partial charge in [0, 0.05) is 5.41 Å². The summed E-state index contributed by atoms with van der Waals surface area (Å²) in [6, 6.07) is -0.930. The molecule has 0 radical (unpaired) electrons. The van der Waals surface area contributed by atoms with E-state index in [0.717, 1.165) is 50.7 Å². The van der Waals surface area contributed by atoms with Gasteiger partial charge in [0.25, 0.3) is 5.91 Å². The van der Waals surface area contributed by atoms with Crippen molar-refractivity contribution in [2.45, 2.75) is 104 Å². The number of allylic oxidation sites excluding steroid dienone is 2. The first-order valence-electron chi connectivity index (χ1n) is 14.0. The van der Waals surface area contributed by atoms with E-state index in [0.29, 0.717) is 30.6 Å². The van der Waals surface area contributed by atoms with E-state index >= 15 is 0 Å². The van der Waals surface area contributed by atoms with Crippen molar-refractivity contribution in [2.75, 3.05) is 6.61 Å². The van der Waals surface area contributed by atoms with Gasteiger partial charge in [-0.15, -0.1) is 0 Å². The lowest BCUT2D eigenvalue weighted by Crippen LogP contribution is -2.57. The molecule has 0 aromatic rings. The molecular weight excluding hydrogens is 472 g/mol. The molecular formula is C29H44N2O6. The van der Waals surface area contributed by atoms with Crippen molar-refractivity contribution in [2.24, 2.45) is 39.7 Å². The summed E-state index contributed by atoms with van der Waals surface area (Å²) in [5, 5.41) is 27.4. The Morgan fingerprint density at radius 1 is 1.11 bits per heavy atom. The van der Waals surface area contributed by atoms with Crippen LogP contribution in [0.15, 0.2) is 16.8 Å². The number of hydrogen-bond donors (Lipinski definition) is 3. The molecule has 3 fully saturated rings. The Hall–Kier alpha value is -2.22. The van der Waals surface area contributed by atoms with Gasteiger partial charge in [-0.1, -0.05) is 38.4 Å². The molecule has 1 amide bonds. The van der Waals surface area contributed by atoms with Gasteiger partial charge >= 0.3 is 5.97 Å². The molecule has 0 unspecified atom stereocenters. The highest BCUT2D eigenvalue weighted by Crippen LogP contribution is 2.67. The first-order chi connectivity index (χ1) is 17.3. The second kappa shape index (κ2) is 10.2. The predicted molar refractivity (Wildman–Crippen MR) is 140 cm³/mol. The quantitative estimate of drug-likeness (QED) is 0.414. The summed E-state index contributed by atoms with van der Waals surface area (Å²) in [7, 11) is 0. The maximum absolute atomic E-state index is 12.4. The lowest BCUT2D eigenvalue weighted by molar-refractivity contribution is -0.159. The minimum atomic E-state index is -1.19. The van der Waals surface area contributed by atoms with Crippen molar-refractivity contribution in [1.82, 2.24) is 5.32 Å². The number of ketones is 1. The molecule has 206 valence electrons. The first kappa shape index (κ1) is 27.8. The fraction of sp³-hybridized carbons (Fsp3) is 0.793. The maximum atomic E-state index is 12.4. The minimum absolute atomic E-state index is 0.0725. The number of carboxylic acids is 1. The smallest absolute Gasteiger partial charge is 0.326 e. The van der Waals surface area contributed by atoms with Crippen molar-refractivity contribution in [1.29, 1.82) is 0 Å². The largest absolute Gasteiger partial charge is 0.480 e. The zero-order chi connectivity index (χ0) is 27.2. The number of carbonyl (C=O) groups is 3. The standard InChI is InChI=1S/C29H44N2O6/c1-17(2)14-24(26(34)35)30-25(33)16-37-31-20-8-11-27(4)19(15-20)6-7-21-22(27)9-12-28(5)23(21)10-13-29(28,36)18(3)32/h15,17,21-24,36H,6-14,16H2,1-5H3,(H,30,33)(H,34,35)/b31-20-/t21-,22+,23+,24+,27+,28+,29-/m1/s1. The van der Waals surface area contributed by atoms with E-state index in [9.17, 15) is 24.6 Å². The van der Waals surface area contributed by atoms with E-state index in [-0.39, 0.29) is 29.1 Å². The van der Waals surface area contributed by atoms with Crippen LogP contribution in [0.2, 0.25) is 0 Å². The fourth-order valence-corrected chi connectivity index (χ4v) is 8.34. The summed E-state index contributed by atoms with van der Waals surface area (Å²) in [4.78, 5) is 41.3. The number of fused-ring (bicyclic) bond motifs is 5. The number of aliphatic hydroxyl groups is 1. The first-order valence-corrected chi connectivity index (χ1v) is 14.0. The summed E-state index contributed by atoms with van der Waals surface area (Å²) < 4.78 is 0. The number of nitrogens with one attached hydrogen (secondary N) is 1. The summed E-state index contributed by atoms with van der Waals surface area (Å²) in [5.74, 6) is -0.0502. The van der Waals surface area contributed by atoms with Crippen LogP contribution < -0.4 is 5.32 Å². The SMILES string of the molecule is CC(=O)[C@]1(O)CC[C@H]2[C@@H]3CCC4=C/C(=N\OCC(=O)N[C@@H](CC(C)C)C(=O)O)CC[C@]4(C)[C@H]3CC[C@@]21C. The van der Waals surface area contributed by atoms with E-state index in [1.807, 2.05) is 13.8 Å². The normalized spacial score (nSPS) is 38.7. The summed E-state index contributed by atoms with van der Waals surface area (Å²) in [6.45, 7) is 9.58. The molecule has 0 saturated heterocycles. The van der Waals surface area contributed by atoms with Crippen LogP contribution >= 0.6 is 0 Å². The molecule has 3 saturated carbocycles. The van der Waals surface area contributed by atoms with Gasteiger partial charge in [0.2, 0.25) is 0 Å².